The Balaban J connectivity index is 1.37. The molecule has 2 aliphatic heterocycles. The Morgan fingerprint density at radius 3 is 1.28 bits per heavy atom. The largest absolute Gasteiger partial charge is 0.311 e. The van der Waals surface area contributed by atoms with Crippen molar-refractivity contribution in [1.29, 1.82) is 0 Å². The summed E-state index contributed by atoms with van der Waals surface area (Å²) in [5.74, 6) is 0. The summed E-state index contributed by atoms with van der Waals surface area (Å²) < 4.78 is 0. The van der Waals surface area contributed by atoms with E-state index < -0.39 is 0 Å². The first-order valence-corrected chi connectivity index (χ1v) is 19.3. The van der Waals surface area contributed by atoms with Crippen molar-refractivity contribution in [2.45, 2.75) is 62.3 Å². The molecule has 0 N–H and O–H groups in total. The lowest BCUT2D eigenvalue weighted by Crippen LogP contribution is -2.61. The fourth-order valence-electron chi connectivity index (χ4n) is 10.1. The van der Waals surface area contributed by atoms with E-state index >= 15 is 0 Å². The summed E-state index contributed by atoms with van der Waals surface area (Å²) in [6.45, 7) is 20.2. The zero-order chi connectivity index (χ0) is 37.6. The number of hydrogen-bond donors (Lipinski definition) is 0. The highest BCUT2D eigenvalue weighted by molar-refractivity contribution is 7.00. The molecule has 7 aromatic rings. The monoisotopic (exact) mass is 698 g/mol. The van der Waals surface area contributed by atoms with Crippen LogP contribution in [0.4, 0.5) is 34.1 Å². The first kappa shape index (κ1) is 34.0. The summed E-state index contributed by atoms with van der Waals surface area (Å²) in [6.07, 6.45) is 0. The molecule has 0 fully saturated rings. The number of aryl methyl sites for hydroxylation is 9. The first-order valence-electron chi connectivity index (χ1n) is 19.3. The second-order valence-corrected chi connectivity index (χ2v) is 16.0. The average molecular weight is 699 g/mol. The third kappa shape index (κ3) is 5.24. The van der Waals surface area contributed by atoms with Crippen LogP contribution >= 0.6 is 0 Å². The van der Waals surface area contributed by atoms with Crippen LogP contribution in [0.25, 0.3) is 22.3 Å². The molecule has 0 aliphatic carbocycles. The molecule has 0 amide bonds. The van der Waals surface area contributed by atoms with Gasteiger partial charge in [-0.15, -0.1) is 0 Å². The number of fused-ring (bicyclic) bond motifs is 4. The molecule has 0 aromatic heterocycles. The molecular weight excluding hydrogens is 651 g/mol. The third-order valence-corrected chi connectivity index (χ3v) is 11.8. The van der Waals surface area contributed by atoms with Gasteiger partial charge in [-0.25, -0.2) is 0 Å². The Bertz CT molecular complexity index is 2600. The van der Waals surface area contributed by atoms with E-state index in [1.807, 2.05) is 0 Å². The van der Waals surface area contributed by atoms with Crippen molar-refractivity contribution >= 4 is 57.2 Å². The fraction of sp³-hybridized carbons (Fsp3) is 0.176. The van der Waals surface area contributed by atoms with Gasteiger partial charge in [0.1, 0.15) is 0 Å². The molecule has 264 valence electrons. The lowest BCUT2D eigenvalue weighted by Gasteiger charge is -2.45. The maximum Gasteiger partial charge on any atom is 0.252 e. The highest BCUT2D eigenvalue weighted by Gasteiger charge is 2.43. The Labute approximate surface area is 321 Å². The summed E-state index contributed by atoms with van der Waals surface area (Å²) in [4.78, 5) is 5.09. The van der Waals surface area contributed by atoms with Gasteiger partial charge in [0.2, 0.25) is 0 Å². The van der Waals surface area contributed by atoms with Crippen LogP contribution in [-0.4, -0.2) is 6.71 Å². The summed E-state index contributed by atoms with van der Waals surface area (Å²) >= 11 is 0. The minimum atomic E-state index is 0.0620. The van der Waals surface area contributed by atoms with Gasteiger partial charge in [-0.2, -0.15) is 0 Å². The van der Waals surface area contributed by atoms with Gasteiger partial charge in [0.15, 0.2) is 0 Å². The SMILES string of the molecule is Cc1cc(C)c(-c2ccc3c(c2)N(c2ccccc2)c2cccc4c2B3c2ccc(-c3c(C)cc(C)cc3C)cc2N4c2c(C)cc(C)cc2C)c(C)c1. The molecule has 0 unspecified atom stereocenters. The fourth-order valence-corrected chi connectivity index (χ4v) is 10.1. The maximum absolute atomic E-state index is 2.58. The molecule has 0 spiro atoms. The zero-order valence-corrected chi connectivity index (χ0v) is 33.0. The van der Waals surface area contributed by atoms with Gasteiger partial charge in [0.25, 0.3) is 6.71 Å². The Kier molecular flexibility index (Phi) is 7.97. The van der Waals surface area contributed by atoms with Crippen LogP contribution in [0.5, 0.6) is 0 Å². The van der Waals surface area contributed by atoms with Crippen LogP contribution in [-0.2, 0) is 0 Å². The molecule has 2 aliphatic rings. The molecule has 7 aromatic carbocycles. The van der Waals surface area contributed by atoms with Gasteiger partial charge in [0.05, 0.1) is 5.69 Å². The van der Waals surface area contributed by atoms with E-state index in [1.165, 1.54) is 123 Å². The Morgan fingerprint density at radius 1 is 0.370 bits per heavy atom. The number of rotatable bonds is 4. The van der Waals surface area contributed by atoms with Crippen LogP contribution in [0.3, 0.4) is 0 Å². The molecule has 3 heteroatoms. The number of nitrogens with zero attached hydrogens (tertiary/aromatic N) is 2. The summed E-state index contributed by atoms with van der Waals surface area (Å²) in [5.41, 5.74) is 28.3. The van der Waals surface area contributed by atoms with Crippen molar-refractivity contribution in [1.82, 2.24) is 0 Å². The minimum Gasteiger partial charge on any atom is -0.311 e. The second-order valence-electron chi connectivity index (χ2n) is 16.0. The van der Waals surface area contributed by atoms with E-state index in [-0.39, 0.29) is 6.71 Å². The second kappa shape index (κ2) is 12.7. The lowest BCUT2D eigenvalue weighted by molar-refractivity contribution is 1.20. The smallest absolute Gasteiger partial charge is 0.252 e. The number of anilines is 6. The van der Waals surface area contributed by atoms with Gasteiger partial charge < -0.3 is 9.80 Å². The van der Waals surface area contributed by atoms with E-state index in [0.717, 1.165) is 0 Å². The number of para-hydroxylation sites is 1. The molecule has 54 heavy (non-hydrogen) atoms. The zero-order valence-electron chi connectivity index (χ0n) is 33.0. The van der Waals surface area contributed by atoms with Gasteiger partial charge in [-0.3, -0.25) is 0 Å². The van der Waals surface area contributed by atoms with E-state index in [4.69, 9.17) is 0 Å². The van der Waals surface area contributed by atoms with E-state index in [9.17, 15) is 0 Å². The molecule has 0 saturated heterocycles. The highest BCUT2D eigenvalue weighted by Crippen LogP contribution is 2.47. The van der Waals surface area contributed by atoms with Crippen LogP contribution in [0.2, 0.25) is 0 Å². The molecule has 2 heterocycles. The topological polar surface area (TPSA) is 6.48 Å². The third-order valence-electron chi connectivity index (χ3n) is 11.8. The highest BCUT2D eigenvalue weighted by atomic mass is 15.2. The van der Waals surface area contributed by atoms with Crippen molar-refractivity contribution in [2.24, 2.45) is 0 Å². The predicted molar refractivity (Wildman–Crippen MR) is 234 cm³/mol. The predicted octanol–water partition coefficient (Wildman–Crippen LogP) is 11.9. The Hall–Kier alpha value is -5.80. The first-order chi connectivity index (χ1) is 26.0. The molecule has 0 radical (unpaired) electrons. The molecule has 9 rings (SSSR count). The van der Waals surface area contributed by atoms with Crippen molar-refractivity contribution in [3.05, 3.63) is 171 Å². The maximum atomic E-state index is 2.58. The number of hydrogen-bond acceptors (Lipinski definition) is 2. The number of benzene rings is 7. The van der Waals surface area contributed by atoms with Gasteiger partial charge in [0, 0.05) is 28.4 Å². The summed E-state index contributed by atoms with van der Waals surface area (Å²) in [5, 5.41) is 0. The van der Waals surface area contributed by atoms with Gasteiger partial charge in [-0.1, -0.05) is 102 Å². The van der Waals surface area contributed by atoms with Gasteiger partial charge >= 0.3 is 0 Å². The van der Waals surface area contributed by atoms with Crippen molar-refractivity contribution in [3.63, 3.8) is 0 Å². The lowest BCUT2D eigenvalue weighted by atomic mass is 9.33. The Morgan fingerprint density at radius 2 is 0.796 bits per heavy atom. The van der Waals surface area contributed by atoms with Crippen LogP contribution in [0.15, 0.2) is 121 Å². The summed E-state index contributed by atoms with van der Waals surface area (Å²) in [7, 11) is 0. The molecular formula is C51H47BN2. The normalized spacial score (nSPS) is 12.8. The standard InChI is InChI=1S/C51H47BN2/c1-30-22-33(4)48(34(5)23-30)39-18-20-42-46(28-39)53(41-14-11-10-12-15-41)44-16-13-17-45-50(44)52(42)43-21-19-40(49-35(6)24-31(2)25-36(49)7)29-47(43)54(45)51-37(8)26-32(3)27-38(51)9/h10-29H,1-9H3. The van der Waals surface area contributed by atoms with Crippen molar-refractivity contribution < 1.29 is 0 Å². The minimum absolute atomic E-state index is 0.0620. The molecule has 0 atom stereocenters. The average Bonchev–Trinajstić information content (AvgIpc) is 3.11. The van der Waals surface area contributed by atoms with Gasteiger partial charge in [-0.05, 0) is 171 Å². The van der Waals surface area contributed by atoms with Crippen LogP contribution < -0.4 is 26.2 Å². The molecule has 2 nitrogen and oxygen atoms in total. The van der Waals surface area contributed by atoms with Crippen LogP contribution in [0.1, 0.15) is 50.1 Å². The molecule has 0 bridgehead atoms. The van der Waals surface area contributed by atoms with E-state index in [1.54, 1.807) is 0 Å². The molecule has 0 saturated carbocycles. The van der Waals surface area contributed by atoms with Crippen molar-refractivity contribution in [3.8, 4) is 22.3 Å². The van der Waals surface area contributed by atoms with E-state index in [2.05, 4.69) is 193 Å². The van der Waals surface area contributed by atoms with Crippen molar-refractivity contribution in [2.75, 3.05) is 9.80 Å². The van der Waals surface area contributed by atoms with Crippen LogP contribution in [0, 0.1) is 62.3 Å². The summed E-state index contributed by atoms with van der Waals surface area (Å²) in [6, 6.07) is 46.4. The van der Waals surface area contributed by atoms with E-state index in [0.29, 0.717) is 0 Å². The quantitative estimate of drug-likeness (QED) is 0.169.